The minimum absolute atomic E-state index is 0.0210. The van der Waals surface area contributed by atoms with Crippen molar-refractivity contribution < 1.29 is 9.59 Å². The second-order valence-corrected chi connectivity index (χ2v) is 7.30. The highest BCUT2D eigenvalue weighted by molar-refractivity contribution is 7.07. The fraction of sp³-hybridized carbons (Fsp3) is 0.556. The zero-order valence-electron chi connectivity index (χ0n) is 15.5. The van der Waals surface area contributed by atoms with Crippen molar-refractivity contribution in [2.24, 2.45) is 0 Å². The lowest BCUT2D eigenvalue weighted by molar-refractivity contribution is -0.137. The van der Waals surface area contributed by atoms with Crippen LogP contribution in [-0.4, -0.2) is 61.3 Å². The molecule has 0 spiro atoms. The molecule has 2 aromatic rings. The van der Waals surface area contributed by atoms with Gasteiger partial charge in [0.1, 0.15) is 11.5 Å². The molecular weight excluding hydrogens is 350 g/mol. The fourth-order valence-electron chi connectivity index (χ4n) is 3.46. The van der Waals surface area contributed by atoms with Crippen LogP contribution in [0.1, 0.15) is 43.5 Å². The van der Waals surface area contributed by atoms with E-state index in [-0.39, 0.29) is 23.9 Å². The molecule has 0 aliphatic carbocycles. The quantitative estimate of drug-likeness (QED) is 0.802. The van der Waals surface area contributed by atoms with E-state index in [1.807, 2.05) is 34.4 Å². The monoisotopic (exact) mass is 375 g/mol. The molecule has 3 rings (SSSR count). The van der Waals surface area contributed by atoms with Crippen LogP contribution in [0.2, 0.25) is 0 Å². The Kier molecular flexibility index (Phi) is 5.70. The predicted octanol–water partition coefficient (Wildman–Crippen LogP) is 2.05. The first-order chi connectivity index (χ1) is 12.5. The van der Waals surface area contributed by atoms with E-state index in [4.69, 9.17) is 0 Å². The number of rotatable bonds is 5. The van der Waals surface area contributed by atoms with Gasteiger partial charge in [0, 0.05) is 62.3 Å². The van der Waals surface area contributed by atoms with Gasteiger partial charge in [0.2, 0.25) is 5.91 Å². The van der Waals surface area contributed by atoms with Gasteiger partial charge < -0.3 is 14.4 Å². The molecule has 26 heavy (non-hydrogen) atoms. The number of carbonyl (C=O) groups is 2. The third kappa shape index (κ3) is 3.65. The highest BCUT2D eigenvalue weighted by Gasteiger charge is 2.36. The van der Waals surface area contributed by atoms with Crippen LogP contribution in [0.25, 0.3) is 0 Å². The molecule has 3 heterocycles. The molecule has 0 N–H and O–H groups in total. The van der Waals surface area contributed by atoms with Crippen LogP contribution in [0.4, 0.5) is 0 Å². The van der Waals surface area contributed by atoms with Gasteiger partial charge in [0.15, 0.2) is 0 Å². The molecule has 8 heteroatoms. The minimum Gasteiger partial charge on any atom is -0.336 e. The molecule has 1 fully saturated rings. The Balaban J connectivity index is 1.60. The van der Waals surface area contributed by atoms with Gasteiger partial charge >= 0.3 is 0 Å². The van der Waals surface area contributed by atoms with Crippen LogP contribution in [0.5, 0.6) is 0 Å². The van der Waals surface area contributed by atoms with Gasteiger partial charge in [-0.25, -0.2) is 9.97 Å². The van der Waals surface area contributed by atoms with Crippen molar-refractivity contribution in [3.63, 3.8) is 0 Å². The van der Waals surface area contributed by atoms with Gasteiger partial charge in [-0.3, -0.25) is 9.59 Å². The van der Waals surface area contributed by atoms with E-state index >= 15 is 0 Å². The molecule has 7 nitrogen and oxygen atoms in total. The summed E-state index contributed by atoms with van der Waals surface area (Å²) in [4.78, 5) is 37.5. The predicted molar refractivity (Wildman–Crippen MR) is 100 cm³/mol. The number of aryl methyl sites for hydroxylation is 2. The molecule has 2 atom stereocenters. The molecule has 140 valence electrons. The van der Waals surface area contributed by atoms with Crippen molar-refractivity contribution in [3.8, 4) is 0 Å². The standard InChI is InChI=1S/C18H25N5O2S/c1-4-16-19-6-8-21(16)7-5-17(24)22-9-10-23(14(3)13(22)2)18(25)15-11-26-12-20-15/h6,8,11-14H,4-5,7,9-10H2,1-3H3/t13-,14-/m1/s1. The molecular formula is C18H25N5O2S. The number of imidazole rings is 1. The normalized spacial score (nSPS) is 20.4. The number of aromatic nitrogens is 3. The molecule has 2 amide bonds. The summed E-state index contributed by atoms with van der Waals surface area (Å²) in [6, 6.07) is -0.0615. The fourth-order valence-corrected chi connectivity index (χ4v) is 3.99. The van der Waals surface area contributed by atoms with Crippen molar-refractivity contribution in [1.29, 1.82) is 0 Å². The topological polar surface area (TPSA) is 71.3 Å². The number of thiazole rings is 1. The van der Waals surface area contributed by atoms with Gasteiger partial charge in [0.05, 0.1) is 5.51 Å². The van der Waals surface area contributed by atoms with E-state index in [1.54, 1.807) is 17.1 Å². The first-order valence-electron chi connectivity index (χ1n) is 9.01. The van der Waals surface area contributed by atoms with Gasteiger partial charge in [0.25, 0.3) is 5.91 Å². The van der Waals surface area contributed by atoms with Crippen LogP contribution < -0.4 is 0 Å². The Morgan fingerprint density at radius 3 is 2.62 bits per heavy atom. The lowest BCUT2D eigenvalue weighted by atomic mass is 10.0. The van der Waals surface area contributed by atoms with Crippen LogP contribution in [0.3, 0.4) is 0 Å². The number of carbonyl (C=O) groups excluding carboxylic acids is 2. The number of hydrogen-bond donors (Lipinski definition) is 0. The summed E-state index contributed by atoms with van der Waals surface area (Å²) >= 11 is 1.42. The van der Waals surface area contributed by atoms with Gasteiger partial charge in [-0.05, 0) is 13.8 Å². The second kappa shape index (κ2) is 7.99. The highest BCUT2D eigenvalue weighted by atomic mass is 32.1. The van der Waals surface area contributed by atoms with Crippen molar-refractivity contribution in [3.05, 3.63) is 34.8 Å². The van der Waals surface area contributed by atoms with Crippen molar-refractivity contribution in [1.82, 2.24) is 24.3 Å². The summed E-state index contributed by atoms with van der Waals surface area (Å²) < 4.78 is 2.04. The lowest BCUT2D eigenvalue weighted by Gasteiger charge is -2.44. The SMILES string of the molecule is CCc1nccn1CCC(=O)N1CCN(C(=O)c2cscn2)[C@H](C)[C@H]1C. The van der Waals surface area contributed by atoms with Crippen LogP contribution >= 0.6 is 11.3 Å². The smallest absolute Gasteiger partial charge is 0.273 e. The molecule has 0 radical (unpaired) electrons. The first-order valence-corrected chi connectivity index (χ1v) is 9.95. The zero-order valence-corrected chi connectivity index (χ0v) is 16.3. The third-order valence-corrected chi connectivity index (χ3v) is 5.77. The Hall–Kier alpha value is -2.22. The Labute approximate surface area is 157 Å². The average Bonchev–Trinajstić information content (AvgIpc) is 3.32. The Morgan fingerprint density at radius 2 is 1.92 bits per heavy atom. The third-order valence-electron chi connectivity index (χ3n) is 5.18. The maximum atomic E-state index is 12.7. The van der Waals surface area contributed by atoms with E-state index in [0.717, 1.165) is 12.2 Å². The summed E-state index contributed by atoms with van der Waals surface area (Å²) in [7, 11) is 0. The van der Waals surface area contributed by atoms with Gasteiger partial charge in [-0.2, -0.15) is 0 Å². The first kappa shape index (κ1) is 18.6. The van der Waals surface area contributed by atoms with Crippen LogP contribution in [0.15, 0.2) is 23.3 Å². The average molecular weight is 375 g/mol. The molecule has 0 bridgehead atoms. The molecule has 1 aliphatic rings. The lowest BCUT2D eigenvalue weighted by Crippen LogP contribution is -2.60. The van der Waals surface area contributed by atoms with E-state index in [0.29, 0.717) is 31.7 Å². The molecule has 1 saturated heterocycles. The van der Waals surface area contributed by atoms with Gasteiger partial charge in [-0.1, -0.05) is 6.92 Å². The van der Waals surface area contributed by atoms with Crippen LogP contribution in [0, 0.1) is 0 Å². The van der Waals surface area contributed by atoms with E-state index in [2.05, 4.69) is 16.9 Å². The summed E-state index contributed by atoms with van der Waals surface area (Å²) in [5, 5.41) is 1.77. The van der Waals surface area contributed by atoms with Crippen molar-refractivity contribution in [2.45, 2.75) is 52.2 Å². The summed E-state index contributed by atoms with van der Waals surface area (Å²) in [5.41, 5.74) is 2.16. The van der Waals surface area contributed by atoms with E-state index in [1.165, 1.54) is 11.3 Å². The number of nitrogens with zero attached hydrogens (tertiary/aromatic N) is 5. The maximum Gasteiger partial charge on any atom is 0.273 e. The number of piperazine rings is 1. The van der Waals surface area contributed by atoms with Gasteiger partial charge in [-0.15, -0.1) is 11.3 Å². The Bertz CT molecular complexity index is 757. The van der Waals surface area contributed by atoms with E-state index < -0.39 is 0 Å². The second-order valence-electron chi connectivity index (χ2n) is 6.58. The largest absolute Gasteiger partial charge is 0.336 e. The maximum absolute atomic E-state index is 12.7. The summed E-state index contributed by atoms with van der Waals surface area (Å²) in [5.74, 6) is 1.07. The van der Waals surface area contributed by atoms with Crippen molar-refractivity contribution in [2.75, 3.05) is 13.1 Å². The van der Waals surface area contributed by atoms with E-state index in [9.17, 15) is 9.59 Å². The number of hydrogen-bond acceptors (Lipinski definition) is 5. The zero-order chi connectivity index (χ0) is 18.7. The summed E-state index contributed by atoms with van der Waals surface area (Å²) in [6.07, 6.45) is 4.99. The number of amides is 2. The molecule has 0 saturated carbocycles. The Morgan fingerprint density at radius 1 is 1.19 bits per heavy atom. The molecule has 2 aromatic heterocycles. The van der Waals surface area contributed by atoms with Crippen molar-refractivity contribution >= 4 is 23.2 Å². The molecule has 0 aromatic carbocycles. The van der Waals surface area contributed by atoms with Crippen LogP contribution in [-0.2, 0) is 17.8 Å². The molecule has 1 aliphatic heterocycles. The minimum atomic E-state index is -0.0521. The molecule has 0 unspecified atom stereocenters. The highest BCUT2D eigenvalue weighted by Crippen LogP contribution is 2.20. The summed E-state index contributed by atoms with van der Waals surface area (Å²) in [6.45, 7) is 7.81.